The monoisotopic (exact) mass is 300 g/mol. The fraction of sp³-hybridized carbons (Fsp3) is 0.357. The Hall–Kier alpha value is -2.77. The number of rotatable bonds is 3. The topological polar surface area (TPSA) is 93.0 Å². The Labute approximate surface area is 127 Å². The summed E-state index contributed by atoms with van der Waals surface area (Å²) in [6, 6.07) is 4.77. The van der Waals surface area contributed by atoms with E-state index in [-0.39, 0.29) is 24.4 Å². The highest BCUT2D eigenvalue weighted by atomic mass is 16.2. The minimum absolute atomic E-state index is 0.00136. The average molecular weight is 300 g/mol. The van der Waals surface area contributed by atoms with Gasteiger partial charge >= 0.3 is 0 Å². The van der Waals surface area contributed by atoms with Gasteiger partial charge in [-0.25, -0.2) is 4.68 Å². The molecular formula is C14H16N6O2. The van der Waals surface area contributed by atoms with Gasteiger partial charge in [0.1, 0.15) is 17.4 Å². The van der Waals surface area contributed by atoms with E-state index in [1.807, 2.05) is 0 Å². The van der Waals surface area contributed by atoms with Gasteiger partial charge in [0, 0.05) is 13.2 Å². The second kappa shape index (κ2) is 5.55. The summed E-state index contributed by atoms with van der Waals surface area (Å²) in [4.78, 5) is 29.5. The Morgan fingerprint density at radius 3 is 3.00 bits per heavy atom. The number of hydrogen-bond donors (Lipinski definition) is 1. The summed E-state index contributed by atoms with van der Waals surface area (Å²) in [5.74, 6) is -0.267. The number of amides is 2. The van der Waals surface area contributed by atoms with E-state index in [9.17, 15) is 9.59 Å². The van der Waals surface area contributed by atoms with Crippen molar-refractivity contribution in [3.05, 3.63) is 41.5 Å². The zero-order valence-corrected chi connectivity index (χ0v) is 12.4. The molecule has 0 spiro atoms. The van der Waals surface area contributed by atoms with E-state index in [4.69, 9.17) is 0 Å². The third kappa shape index (κ3) is 2.43. The second-order valence-electron chi connectivity index (χ2n) is 5.20. The normalized spacial score (nSPS) is 17.3. The Bertz CT molecular complexity index is 711. The fourth-order valence-corrected chi connectivity index (χ4v) is 2.44. The lowest BCUT2D eigenvalue weighted by molar-refractivity contribution is -0.135. The van der Waals surface area contributed by atoms with Gasteiger partial charge in [0.2, 0.25) is 5.91 Å². The zero-order valence-electron chi connectivity index (χ0n) is 12.4. The van der Waals surface area contributed by atoms with Crippen LogP contribution >= 0.6 is 0 Å². The van der Waals surface area contributed by atoms with E-state index in [0.29, 0.717) is 17.9 Å². The largest absolute Gasteiger partial charge is 0.345 e. The SMILES string of the molecule is CC1C(=O)N(C)Cc2c(CNC(=O)c3ccccn3)nnn21. The van der Waals surface area contributed by atoms with Crippen LogP contribution in [0.15, 0.2) is 24.4 Å². The number of nitrogens with zero attached hydrogens (tertiary/aromatic N) is 5. The molecule has 8 nitrogen and oxygen atoms in total. The van der Waals surface area contributed by atoms with Crippen LogP contribution in [-0.2, 0) is 17.9 Å². The Morgan fingerprint density at radius 2 is 2.27 bits per heavy atom. The van der Waals surface area contributed by atoms with E-state index in [0.717, 1.165) is 5.69 Å². The Kier molecular flexibility index (Phi) is 3.58. The van der Waals surface area contributed by atoms with Crippen LogP contribution in [0, 0.1) is 0 Å². The average Bonchev–Trinajstić information content (AvgIpc) is 2.94. The molecule has 0 aliphatic carbocycles. The van der Waals surface area contributed by atoms with Crippen LogP contribution in [0.2, 0.25) is 0 Å². The summed E-state index contributed by atoms with van der Waals surface area (Å²) in [5, 5.41) is 10.9. The lowest BCUT2D eigenvalue weighted by Crippen LogP contribution is -2.39. The Balaban J connectivity index is 1.74. The lowest BCUT2D eigenvalue weighted by atomic mass is 10.2. The quantitative estimate of drug-likeness (QED) is 0.870. The van der Waals surface area contributed by atoms with E-state index < -0.39 is 0 Å². The van der Waals surface area contributed by atoms with E-state index in [2.05, 4.69) is 20.6 Å². The molecule has 0 saturated carbocycles. The molecule has 2 aromatic rings. The van der Waals surface area contributed by atoms with Crippen molar-refractivity contribution in [2.75, 3.05) is 7.05 Å². The van der Waals surface area contributed by atoms with Gasteiger partial charge < -0.3 is 10.2 Å². The first-order valence-corrected chi connectivity index (χ1v) is 6.95. The molecule has 1 aliphatic heterocycles. The molecule has 1 N–H and O–H groups in total. The van der Waals surface area contributed by atoms with Crippen molar-refractivity contribution in [1.82, 2.24) is 30.2 Å². The molecule has 0 bridgehead atoms. The smallest absolute Gasteiger partial charge is 0.270 e. The summed E-state index contributed by atoms with van der Waals surface area (Å²) in [6.07, 6.45) is 1.57. The molecule has 1 unspecified atom stereocenters. The molecule has 8 heteroatoms. The van der Waals surface area contributed by atoms with Crippen molar-refractivity contribution in [2.45, 2.75) is 26.1 Å². The maximum atomic E-state index is 12.0. The lowest BCUT2D eigenvalue weighted by Gasteiger charge is -2.28. The molecule has 2 amide bonds. The van der Waals surface area contributed by atoms with Gasteiger partial charge in [-0.2, -0.15) is 0 Å². The predicted molar refractivity (Wildman–Crippen MR) is 76.6 cm³/mol. The van der Waals surface area contributed by atoms with Gasteiger partial charge in [-0.3, -0.25) is 14.6 Å². The van der Waals surface area contributed by atoms with Crippen molar-refractivity contribution >= 4 is 11.8 Å². The molecule has 114 valence electrons. The summed E-state index contributed by atoms with van der Waals surface area (Å²) in [5.41, 5.74) is 1.86. The van der Waals surface area contributed by atoms with E-state index in [1.54, 1.807) is 47.9 Å². The second-order valence-corrected chi connectivity index (χ2v) is 5.20. The van der Waals surface area contributed by atoms with Crippen LogP contribution in [0.1, 0.15) is 34.8 Å². The van der Waals surface area contributed by atoms with E-state index >= 15 is 0 Å². The molecule has 3 heterocycles. The highest BCUT2D eigenvalue weighted by Crippen LogP contribution is 2.21. The fourth-order valence-electron chi connectivity index (χ4n) is 2.44. The molecule has 1 atom stereocenters. The van der Waals surface area contributed by atoms with Crippen molar-refractivity contribution in [1.29, 1.82) is 0 Å². The number of nitrogens with one attached hydrogen (secondary N) is 1. The summed E-state index contributed by atoms with van der Waals surface area (Å²) < 4.78 is 1.62. The third-order valence-corrected chi connectivity index (χ3v) is 3.67. The first-order chi connectivity index (χ1) is 10.6. The van der Waals surface area contributed by atoms with Crippen LogP contribution in [0.5, 0.6) is 0 Å². The molecule has 1 aliphatic rings. The van der Waals surface area contributed by atoms with Gasteiger partial charge in [0.25, 0.3) is 5.91 Å². The molecule has 0 radical (unpaired) electrons. The summed E-state index contributed by atoms with van der Waals surface area (Å²) >= 11 is 0. The van der Waals surface area contributed by atoms with Crippen LogP contribution in [0.4, 0.5) is 0 Å². The highest BCUT2D eigenvalue weighted by molar-refractivity contribution is 5.92. The molecule has 2 aromatic heterocycles. The Morgan fingerprint density at radius 1 is 1.45 bits per heavy atom. The van der Waals surface area contributed by atoms with Crippen molar-refractivity contribution < 1.29 is 9.59 Å². The molecule has 22 heavy (non-hydrogen) atoms. The van der Waals surface area contributed by atoms with Crippen LogP contribution in [0.25, 0.3) is 0 Å². The van der Waals surface area contributed by atoms with Gasteiger partial charge in [0.05, 0.1) is 18.8 Å². The highest BCUT2D eigenvalue weighted by Gasteiger charge is 2.31. The van der Waals surface area contributed by atoms with Crippen LogP contribution in [-0.4, -0.2) is 43.7 Å². The third-order valence-electron chi connectivity index (χ3n) is 3.67. The van der Waals surface area contributed by atoms with E-state index in [1.165, 1.54) is 0 Å². The van der Waals surface area contributed by atoms with Crippen molar-refractivity contribution in [3.8, 4) is 0 Å². The number of likely N-dealkylation sites (N-methyl/N-ethyl adjacent to an activating group) is 1. The molecule has 0 saturated heterocycles. The molecule has 3 rings (SSSR count). The minimum Gasteiger partial charge on any atom is -0.345 e. The van der Waals surface area contributed by atoms with Gasteiger partial charge in [-0.1, -0.05) is 11.3 Å². The first-order valence-electron chi connectivity index (χ1n) is 6.95. The molecular weight excluding hydrogens is 284 g/mol. The summed E-state index contributed by atoms with van der Waals surface area (Å²) in [7, 11) is 1.74. The number of pyridine rings is 1. The van der Waals surface area contributed by atoms with Gasteiger partial charge in [-0.05, 0) is 19.1 Å². The van der Waals surface area contributed by atoms with Gasteiger partial charge in [-0.15, -0.1) is 5.10 Å². The number of fused-ring (bicyclic) bond motifs is 1. The van der Waals surface area contributed by atoms with Crippen molar-refractivity contribution in [3.63, 3.8) is 0 Å². The van der Waals surface area contributed by atoms with Crippen LogP contribution in [0.3, 0.4) is 0 Å². The predicted octanol–water partition coefficient (Wildman–Crippen LogP) is 0.136. The first kappa shape index (κ1) is 14.2. The number of carbonyl (C=O) groups excluding carboxylic acids is 2. The minimum atomic E-state index is -0.374. The number of hydrogen-bond acceptors (Lipinski definition) is 5. The molecule has 0 fully saturated rings. The number of carbonyl (C=O) groups is 2. The maximum absolute atomic E-state index is 12.0. The van der Waals surface area contributed by atoms with Crippen molar-refractivity contribution in [2.24, 2.45) is 0 Å². The van der Waals surface area contributed by atoms with Gasteiger partial charge in [0.15, 0.2) is 0 Å². The zero-order chi connectivity index (χ0) is 15.7. The maximum Gasteiger partial charge on any atom is 0.270 e. The molecule has 0 aromatic carbocycles. The number of aromatic nitrogens is 4. The van der Waals surface area contributed by atoms with Crippen LogP contribution < -0.4 is 5.32 Å². The summed E-state index contributed by atoms with van der Waals surface area (Å²) in [6.45, 7) is 2.47. The standard InChI is InChI=1S/C14H16N6O2/c1-9-14(22)19(2)8-12-11(17-18-20(9)12)7-16-13(21)10-5-3-4-6-15-10/h3-6,9H,7-8H2,1-2H3,(H,16,21).